The molecule has 4 saturated heterocycles. The normalized spacial score (nSPS) is 31.6. The van der Waals surface area contributed by atoms with E-state index in [4.69, 9.17) is 0 Å². The van der Waals surface area contributed by atoms with Crippen molar-refractivity contribution in [3.63, 3.8) is 0 Å². The Labute approximate surface area is 254 Å². The van der Waals surface area contributed by atoms with E-state index in [2.05, 4.69) is 47.6 Å². The molecule has 2 aromatic rings. The highest BCUT2D eigenvalue weighted by atomic mass is 16.4. The zero-order chi connectivity index (χ0) is 30.1. The number of aliphatic carboxylic acids is 1. The van der Waals surface area contributed by atoms with Crippen molar-refractivity contribution in [2.24, 2.45) is 11.8 Å². The van der Waals surface area contributed by atoms with Crippen molar-refractivity contribution in [2.45, 2.75) is 45.4 Å². The molecule has 0 aliphatic carbocycles. The molecule has 3 unspecified atom stereocenters. The SMILES string of the molecule is C[NH2+]CCC[N+]12CC[N+](CCc3ccc4c5c(cccc35)N(CC3=C(C(=O)[O-])N5C(=O)C(C(C)O)C5[C@H]3C)C4)(CC1)CC2. The number of anilines is 1. The Kier molecular flexibility index (Phi) is 7.08. The van der Waals surface area contributed by atoms with Gasteiger partial charge in [-0.25, -0.2) is 0 Å². The fraction of sp³-hybridized carbons (Fsp3) is 0.588. The van der Waals surface area contributed by atoms with E-state index in [1.165, 1.54) is 101 Å². The van der Waals surface area contributed by atoms with Crippen LogP contribution < -0.4 is 15.3 Å². The molecule has 4 fully saturated rings. The van der Waals surface area contributed by atoms with Gasteiger partial charge >= 0.3 is 0 Å². The molecule has 1 amide bonds. The van der Waals surface area contributed by atoms with Gasteiger partial charge in [0, 0.05) is 42.9 Å². The van der Waals surface area contributed by atoms with Crippen LogP contribution in [-0.4, -0.2) is 115 Å². The van der Waals surface area contributed by atoms with Crippen molar-refractivity contribution in [1.29, 1.82) is 0 Å². The number of carbonyl (C=O) groups is 2. The number of quaternary nitrogens is 3. The number of amides is 1. The molecule has 0 aromatic heterocycles. The summed E-state index contributed by atoms with van der Waals surface area (Å²) in [6, 6.07) is 10.8. The van der Waals surface area contributed by atoms with Crippen LogP contribution in [0, 0.1) is 11.8 Å². The molecule has 8 rings (SSSR count). The third-order valence-corrected chi connectivity index (χ3v) is 11.9. The van der Waals surface area contributed by atoms with Gasteiger partial charge in [-0.3, -0.25) is 4.79 Å². The van der Waals surface area contributed by atoms with Gasteiger partial charge in [0.05, 0.1) is 56.4 Å². The maximum Gasteiger partial charge on any atom is 0.235 e. The fourth-order valence-corrected chi connectivity index (χ4v) is 9.22. The van der Waals surface area contributed by atoms with Gasteiger partial charge in [-0.1, -0.05) is 31.2 Å². The number of aliphatic hydroxyl groups is 1. The maximum atomic E-state index is 12.8. The van der Waals surface area contributed by atoms with Gasteiger partial charge in [-0.2, -0.15) is 0 Å². The Bertz CT molecular complexity index is 1480. The molecule has 4 atom stereocenters. The summed E-state index contributed by atoms with van der Waals surface area (Å²) in [7, 11) is 2.17. The molecule has 43 heavy (non-hydrogen) atoms. The van der Waals surface area contributed by atoms with E-state index in [1.807, 2.05) is 6.92 Å². The predicted octanol–water partition coefficient (Wildman–Crippen LogP) is -0.192. The summed E-state index contributed by atoms with van der Waals surface area (Å²) in [6.45, 7) is 16.4. The average Bonchev–Trinajstić information content (AvgIpc) is 3.47. The van der Waals surface area contributed by atoms with E-state index in [1.54, 1.807) is 6.92 Å². The summed E-state index contributed by atoms with van der Waals surface area (Å²) < 4.78 is 2.60. The number of β-lactam (4-membered cyclic amide) rings is 1. The van der Waals surface area contributed by atoms with Crippen molar-refractivity contribution >= 4 is 28.3 Å². The smallest absolute Gasteiger partial charge is 0.235 e. The highest BCUT2D eigenvalue weighted by molar-refractivity contribution is 6.02. The van der Waals surface area contributed by atoms with E-state index in [0.717, 1.165) is 17.7 Å². The number of piperazine rings is 3. The Balaban J connectivity index is 1.09. The molecule has 6 aliphatic rings. The van der Waals surface area contributed by atoms with Crippen LogP contribution in [0.1, 0.15) is 31.4 Å². The Hall–Kier alpha value is -2.98. The molecule has 6 heterocycles. The first-order valence-corrected chi connectivity index (χ1v) is 16.4. The first-order valence-electron chi connectivity index (χ1n) is 16.4. The molecule has 0 radical (unpaired) electrons. The minimum Gasteiger partial charge on any atom is -0.543 e. The van der Waals surface area contributed by atoms with Gasteiger partial charge in [0.2, 0.25) is 5.91 Å². The minimum absolute atomic E-state index is 0.00606. The molecule has 9 nitrogen and oxygen atoms in total. The van der Waals surface area contributed by atoms with Crippen LogP contribution in [0.15, 0.2) is 41.6 Å². The van der Waals surface area contributed by atoms with E-state index >= 15 is 0 Å². The molecule has 2 bridgehead atoms. The Morgan fingerprint density at radius 1 is 1.09 bits per heavy atom. The number of aliphatic hydroxyl groups excluding tert-OH is 1. The lowest BCUT2D eigenvalue weighted by molar-refractivity contribution is -1.08. The van der Waals surface area contributed by atoms with Gasteiger partial charge in [-0.15, -0.1) is 0 Å². The molecule has 0 saturated carbocycles. The molecular weight excluding hydrogens is 542 g/mol. The maximum absolute atomic E-state index is 12.8. The summed E-state index contributed by atoms with van der Waals surface area (Å²) in [4.78, 5) is 28.7. The minimum atomic E-state index is -1.31. The predicted molar refractivity (Wildman–Crippen MR) is 162 cm³/mol. The van der Waals surface area contributed by atoms with Crippen molar-refractivity contribution in [2.75, 3.05) is 77.4 Å². The zero-order valence-electron chi connectivity index (χ0n) is 25.9. The van der Waals surface area contributed by atoms with Crippen molar-refractivity contribution in [3.8, 4) is 0 Å². The van der Waals surface area contributed by atoms with E-state index < -0.39 is 18.0 Å². The highest BCUT2D eigenvalue weighted by Gasteiger charge is 2.58. The third kappa shape index (κ3) is 4.50. The Morgan fingerprint density at radius 3 is 2.44 bits per heavy atom. The molecular formula is C34H47N5O4+2. The topological polar surface area (TPSA) is 101 Å². The Morgan fingerprint density at radius 2 is 1.79 bits per heavy atom. The lowest BCUT2D eigenvalue weighted by atomic mass is 9.77. The average molecular weight is 590 g/mol. The van der Waals surface area contributed by atoms with E-state index in [9.17, 15) is 19.8 Å². The number of hydrogen-bond donors (Lipinski definition) is 2. The summed E-state index contributed by atoms with van der Waals surface area (Å²) >= 11 is 0. The van der Waals surface area contributed by atoms with Crippen LogP contribution in [0.2, 0.25) is 0 Å². The zero-order valence-corrected chi connectivity index (χ0v) is 25.9. The van der Waals surface area contributed by atoms with Crippen LogP contribution >= 0.6 is 0 Å². The van der Waals surface area contributed by atoms with Gasteiger partial charge in [-0.05, 0) is 35.1 Å². The summed E-state index contributed by atoms with van der Waals surface area (Å²) in [5.41, 5.74) is 4.54. The number of nitrogens with two attached hydrogens (primary N) is 1. The summed E-state index contributed by atoms with van der Waals surface area (Å²) in [5.74, 6) is -2.35. The molecule has 6 aliphatic heterocycles. The number of hydrogen-bond acceptors (Lipinski definition) is 5. The summed E-state index contributed by atoms with van der Waals surface area (Å²) in [6.07, 6.45) is 1.58. The second-order valence-corrected chi connectivity index (χ2v) is 14.1. The quantitative estimate of drug-likeness (QED) is 0.215. The molecule has 0 spiro atoms. The number of carbonyl (C=O) groups excluding carboxylic acids is 2. The first kappa shape index (κ1) is 28.8. The number of carboxylic acid groups (broad SMARTS) is 1. The van der Waals surface area contributed by atoms with Crippen LogP contribution in [0.4, 0.5) is 5.69 Å². The standard InChI is InChI=1S/C34H46N5O4/c1-22-27(32(34(42)43)37-31(22)29(23(2)40)33(37)41)21-36-20-25-9-8-24(26-6-4-7-28(36)30(25)26)10-13-39-17-14-38(15-18-39,16-19-39)12-5-11-35-3/h4,6-9,22-23,29,31,35,40H,5,10-21H2,1-3H3/q+1/p+1/t22-,23?,29?,31?,38?,39?/m0/s1. The second-order valence-electron chi connectivity index (χ2n) is 14.1. The fourth-order valence-electron chi connectivity index (χ4n) is 9.22. The molecule has 9 heteroatoms. The van der Waals surface area contributed by atoms with Gasteiger partial charge in [0.15, 0.2) is 0 Å². The van der Waals surface area contributed by atoms with Crippen LogP contribution in [-0.2, 0) is 22.6 Å². The molecule has 3 N–H and O–H groups in total. The molecule has 2 aromatic carbocycles. The van der Waals surface area contributed by atoms with Gasteiger partial charge < -0.3 is 39.1 Å². The molecule has 230 valence electrons. The van der Waals surface area contributed by atoms with Gasteiger partial charge in [0.25, 0.3) is 0 Å². The number of rotatable bonds is 11. The number of carboxylic acids is 1. The van der Waals surface area contributed by atoms with Gasteiger partial charge in [0.1, 0.15) is 39.3 Å². The number of fused-ring (bicyclic) bond motifs is 4. The van der Waals surface area contributed by atoms with Crippen LogP contribution in [0.5, 0.6) is 0 Å². The second kappa shape index (κ2) is 10.6. The summed E-state index contributed by atoms with van der Waals surface area (Å²) in [5, 5.41) is 27.4. The van der Waals surface area contributed by atoms with Crippen molar-refractivity contribution < 1.29 is 34.1 Å². The first-order chi connectivity index (χ1) is 20.7. The van der Waals surface area contributed by atoms with E-state index in [-0.39, 0.29) is 23.6 Å². The number of benzene rings is 2. The number of nitrogens with zero attached hydrogens (tertiary/aromatic N) is 4. The third-order valence-electron chi connectivity index (χ3n) is 11.9. The lowest BCUT2D eigenvalue weighted by Gasteiger charge is -2.55. The van der Waals surface area contributed by atoms with E-state index in [0.29, 0.717) is 13.1 Å². The highest BCUT2D eigenvalue weighted by Crippen LogP contribution is 2.48. The van der Waals surface area contributed by atoms with Crippen LogP contribution in [0.25, 0.3) is 10.8 Å². The van der Waals surface area contributed by atoms with Crippen LogP contribution in [0.3, 0.4) is 0 Å². The monoisotopic (exact) mass is 589 g/mol. The van der Waals surface area contributed by atoms with Crippen molar-refractivity contribution in [3.05, 3.63) is 52.7 Å². The lowest BCUT2D eigenvalue weighted by Crippen LogP contribution is -2.80. The van der Waals surface area contributed by atoms with Crippen molar-refractivity contribution in [1.82, 2.24) is 4.90 Å². The largest absolute Gasteiger partial charge is 0.543 e.